The Labute approximate surface area is 69.8 Å². The van der Waals surface area contributed by atoms with Crippen molar-refractivity contribution in [3.05, 3.63) is 12.7 Å². The summed E-state index contributed by atoms with van der Waals surface area (Å²) in [6.07, 6.45) is 2.60. The summed E-state index contributed by atoms with van der Waals surface area (Å²) in [4.78, 5) is 10.7. The van der Waals surface area contributed by atoms with E-state index in [9.17, 15) is 4.79 Å². The van der Waals surface area contributed by atoms with E-state index >= 15 is 0 Å². The number of hydrogen-bond donors (Lipinski definition) is 1. The lowest BCUT2D eigenvalue weighted by Gasteiger charge is -2.03. The fraction of sp³-hybridized carbons (Fsp3) is 0.571. The Morgan fingerprint density at radius 2 is 2.50 bits per heavy atom. The van der Waals surface area contributed by atoms with Crippen LogP contribution in [0, 0.1) is 0 Å². The number of hydrogen-bond acceptors (Lipinski definition) is 1. The minimum atomic E-state index is -0.0997. The molecule has 0 bridgehead atoms. The second-order valence-corrected chi connectivity index (χ2v) is 3.36. The smallest absolute Gasteiger partial charge is 0.233 e. The predicted octanol–water partition coefficient (Wildman–Crippen LogP) is 1.46. The van der Waals surface area contributed by atoms with E-state index in [0.29, 0.717) is 6.54 Å². The first-order chi connectivity index (χ1) is 4.68. The molecule has 1 unspecified atom stereocenters. The van der Waals surface area contributed by atoms with Crippen LogP contribution in [0.15, 0.2) is 12.7 Å². The van der Waals surface area contributed by atoms with Gasteiger partial charge in [0.1, 0.15) is 0 Å². The summed E-state index contributed by atoms with van der Waals surface area (Å²) in [5.41, 5.74) is 0. The van der Waals surface area contributed by atoms with Crippen LogP contribution in [-0.4, -0.2) is 17.3 Å². The number of carbonyl (C=O) groups is 1. The van der Waals surface area contributed by atoms with Crippen LogP contribution in [0.4, 0.5) is 0 Å². The van der Waals surface area contributed by atoms with Crippen LogP contribution in [0.2, 0.25) is 0 Å². The van der Waals surface area contributed by atoms with E-state index in [2.05, 4.69) is 27.8 Å². The first-order valence-corrected chi connectivity index (χ1v) is 4.12. The molecule has 0 saturated carbocycles. The van der Waals surface area contributed by atoms with E-state index in [1.807, 2.05) is 0 Å². The summed E-state index contributed by atoms with van der Waals surface area (Å²) in [6, 6.07) is 0. The van der Waals surface area contributed by atoms with Crippen LogP contribution in [0.5, 0.6) is 0 Å². The Bertz CT molecular complexity index is 123. The normalized spacial score (nSPS) is 12.2. The molecule has 0 radical (unpaired) electrons. The molecule has 10 heavy (non-hydrogen) atoms. The molecule has 1 amide bonds. The molecule has 0 aromatic rings. The second kappa shape index (κ2) is 5.47. The third-order valence-corrected chi connectivity index (χ3v) is 1.42. The van der Waals surface area contributed by atoms with Gasteiger partial charge in [-0.1, -0.05) is 22.0 Å². The Hall–Kier alpha value is -0.310. The van der Waals surface area contributed by atoms with Gasteiger partial charge in [-0.2, -0.15) is 0 Å². The molecule has 3 heteroatoms. The number of carbonyl (C=O) groups excluding carboxylic acids is 1. The van der Waals surface area contributed by atoms with Crippen molar-refractivity contribution in [3.63, 3.8) is 0 Å². The number of rotatable bonds is 4. The van der Waals surface area contributed by atoms with Crippen molar-refractivity contribution in [2.45, 2.75) is 18.2 Å². The zero-order chi connectivity index (χ0) is 7.98. The van der Waals surface area contributed by atoms with Gasteiger partial charge < -0.3 is 5.32 Å². The van der Waals surface area contributed by atoms with Gasteiger partial charge in [0.15, 0.2) is 0 Å². The lowest BCUT2D eigenvalue weighted by atomic mass is 10.4. The van der Waals surface area contributed by atoms with Crippen molar-refractivity contribution in [1.29, 1.82) is 0 Å². The summed E-state index contributed by atoms with van der Waals surface area (Å²) in [7, 11) is 0. The van der Waals surface area contributed by atoms with Gasteiger partial charge in [0, 0.05) is 6.54 Å². The third kappa shape index (κ3) is 4.56. The maximum absolute atomic E-state index is 10.8. The molecule has 1 N–H and O–H groups in total. The molecule has 0 aromatic heterocycles. The molecule has 0 aliphatic carbocycles. The van der Waals surface area contributed by atoms with E-state index in [-0.39, 0.29) is 10.7 Å². The summed E-state index contributed by atoms with van der Waals surface area (Å²) in [6.45, 7) is 6.01. The Morgan fingerprint density at radius 3 is 2.90 bits per heavy atom. The Morgan fingerprint density at radius 1 is 1.90 bits per heavy atom. The van der Waals surface area contributed by atoms with Crippen LogP contribution in [0.1, 0.15) is 13.3 Å². The monoisotopic (exact) mass is 205 g/mol. The quantitative estimate of drug-likeness (QED) is 0.421. The van der Waals surface area contributed by atoms with Gasteiger partial charge in [-0.15, -0.1) is 6.58 Å². The van der Waals surface area contributed by atoms with E-state index in [1.54, 1.807) is 13.0 Å². The molecule has 0 fully saturated rings. The average molecular weight is 206 g/mol. The predicted molar refractivity (Wildman–Crippen MR) is 46.2 cm³/mol. The van der Waals surface area contributed by atoms with Crippen LogP contribution in [0.3, 0.4) is 0 Å². The maximum atomic E-state index is 10.8. The highest BCUT2D eigenvalue weighted by Crippen LogP contribution is 1.95. The minimum absolute atomic E-state index is 0.0295. The fourth-order valence-corrected chi connectivity index (χ4v) is 0.600. The van der Waals surface area contributed by atoms with E-state index < -0.39 is 0 Å². The first-order valence-electron chi connectivity index (χ1n) is 3.21. The first kappa shape index (κ1) is 9.69. The SMILES string of the molecule is C=CCCNC(=O)C(C)Br. The molecule has 0 aromatic carbocycles. The van der Waals surface area contributed by atoms with E-state index in [0.717, 1.165) is 6.42 Å². The van der Waals surface area contributed by atoms with Crippen LogP contribution in [0.25, 0.3) is 0 Å². The minimum Gasteiger partial charge on any atom is -0.355 e. The highest BCUT2D eigenvalue weighted by atomic mass is 79.9. The molecule has 58 valence electrons. The van der Waals surface area contributed by atoms with Gasteiger partial charge >= 0.3 is 0 Å². The van der Waals surface area contributed by atoms with Crippen molar-refractivity contribution < 1.29 is 4.79 Å². The summed E-state index contributed by atoms with van der Waals surface area (Å²) in [5, 5.41) is 2.73. The summed E-state index contributed by atoms with van der Waals surface area (Å²) < 4.78 is 0. The third-order valence-electron chi connectivity index (χ3n) is 1.01. The van der Waals surface area contributed by atoms with Gasteiger partial charge in [-0.3, -0.25) is 4.79 Å². The van der Waals surface area contributed by atoms with Crippen molar-refractivity contribution >= 4 is 21.8 Å². The zero-order valence-electron chi connectivity index (χ0n) is 6.06. The van der Waals surface area contributed by atoms with Crippen LogP contribution in [-0.2, 0) is 4.79 Å². The average Bonchev–Trinajstić information content (AvgIpc) is 1.88. The molecular formula is C7H12BrNO. The standard InChI is InChI=1S/C7H12BrNO/c1-3-4-5-9-7(10)6(2)8/h3,6H,1,4-5H2,2H3,(H,9,10). The number of amides is 1. The van der Waals surface area contributed by atoms with Gasteiger partial charge in [0.05, 0.1) is 4.83 Å². The van der Waals surface area contributed by atoms with E-state index in [1.165, 1.54) is 0 Å². The van der Waals surface area contributed by atoms with Crippen molar-refractivity contribution in [3.8, 4) is 0 Å². The highest BCUT2D eigenvalue weighted by Gasteiger charge is 2.05. The molecule has 0 spiro atoms. The molecule has 0 rings (SSSR count). The Balaban J connectivity index is 3.30. The highest BCUT2D eigenvalue weighted by molar-refractivity contribution is 9.10. The molecule has 0 aliphatic rings. The van der Waals surface area contributed by atoms with Crippen molar-refractivity contribution in [1.82, 2.24) is 5.32 Å². The molecule has 1 atom stereocenters. The van der Waals surface area contributed by atoms with Gasteiger partial charge in [0.2, 0.25) is 5.91 Å². The fourth-order valence-electron chi connectivity index (χ4n) is 0.438. The summed E-state index contributed by atoms with van der Waals surface area (Å²) in [5.74, 6) is 0.0295. The zero-order valence-corrected chi connectivity index (χ0v) is 7.65. The molecular weight excluding hydrogens is 194 g/mol. The van der Waals surface area contributed by atoms with Gasteiger partial charge in [0.25, 0.3) is 0 Å². The van der Waals surface area contributed by atoms with Gasteiger partial charge in [-0.25, -0.2) is 0 Å². The maximum Gasteiger partial charge on any atom is 0.233 e. The topological polar surface area (TPSA) is 29.1 Å². The Kier molecular flexibility index (Phi) is 5.30. The van der Waals surface area contributed by atoms with Crippen molar-refractivity contribution in [2.75, 3.05) is 6.54 Å². The molecule has 0 aliphatic heterocycles. The second-order valence-electron chi connectivity index (χ2n) is 1.98. The number of nitrogens with one attached hydrogen (secondary N) is 1. The van der Waals surface area contributed by atoms with Crippen LogP contribution >= 0.6 is 15.9 Å². The lowest BCUT2D eigenvalue weighted by Crippen LogP contribution is -2.29. The molecule has 0 saturated heterocycles. The number of halogens is 1. The van der Waals surface area contributed by atoms with Gasteiger partial charge in [-0.05, 0) is 13.3 Å². The van der Waals surface area contributed by atoms with E-state index in [4.69, 9.17) is 0 Å². The largest absolute Gasteiger partial charge is 0.355 e. The van der Waals surface area contributed by atoms with Crippen molar-refractivity contribution in [2.24, 2.45) is 0 Å². The van der Waals surface area contributed by atoms with Crippen LogP contribution < -0.4 is 5.32 Å². The lowest BCUT2D eigenvalue weighted by molar-refractivity contribution is -0.120. The summed E-state index contributed by atoms with van der Waals surface area (Å²) >= 11 is 3.15. The molecule has 0 heterocycles. The number of alkyl halides is 1. The molecule has 2 nitrogen and oxygen atoms in total.